The first-order chi connectivity index (χ1) is 8.76. The summed E-state index contributed by atoms with van der Waals surface area (Å²) in [7, 11) is 1.88. The van der Waals surface area contributed by atoms with Crippen molar-refractivity contribution >= 4 is 21.9 Å². The average molecular weight is 238 g/mol. The number of nitrogens with one attached hydrogen (secondary N) is 1. The van der Waals surface area contributed by atoms with Gasteiger partial charge in [-0.05, 0) is 32.2 Å². The number of benzene rings is 1. The van der Waals surface area contributed by atoms with Crippen LogP contribution >= 0.6 is 0 Å². The van der Waals surface area contributed by atoms with Crippen LogP contribution in [0.25, 0.3) is 21.9 Å². The zero-order valence-corrected chi connectivity index (χ0v) is 10.4. The van der Waals surface area contributed by atoms with Crippen LogP contribution in [0.1, 0.15) is 11.4 Å². The second kappa shape index (κ2) is 4.31. The third kappa shape index (κ3) is 1.91. The highest BCUT2D eigenvalue weighted by atomic mass is 15.0. The molecular weight excluding hydrogens is 224 g/mol. The third-order valence-electron chi connectivity index (χ3n) is 2.90. The van der Waals surface area contributed by atoms with Crippen molar-refractivity contribution in [1.82, 2.24) is 20.3 Å². The van der Waals surface area contributed by atoms with Gasteiger partial charge >= 0.3 is 0 Å². The Kier molecular flexibility index (Phi) is 2.64. The molecule has 0 amide bonds. The van der Waals surface area contributed by atoms with Gasteiger partial charge in [-0.3, -0.25) is 0 Å². The van der Waals surface area contributed by atoms with Gasteiger partial charge in [0.15, 0.2) is 5.65 Å². The van der Waals surface area contributed by atoms with Crippen LogP contribution in [-0.2, 0) is 6.54 Å². The predicted molar refractivity (Wildman–Crippen MR) is 72.3 cm³/mol. The number of hydrogen-bond acceptors (Lipinski definition) is 4. The minimum Gasteiger partial charge on any atom is -0.313 e. The number of rotatable bonds is 2. The molecule has 0 atom stereocenters. The summed E-state index contributed by atoms with van der Waals surface area (Å²) in [5, 5.41) is 5.15. The standard InChI is InChI=1S/C14H14N4/c1-9-3-4-12-10(5-9)6-11-7-16-13(8-15-2)18-14(11)17-12/h3-7,15H,8H2,1-2H3. The van der Waals surface area contributed by atoms with Crippen molar-refractivity contribution in [2.24, 2.45) is 0 Å². The van der Waals surface area contributed by atoms with Gasteiger partial charge in [-0.1, -0.05) is 11.6 Å². The molecule has 0 bridgehead atoms. The molecule has 0 saturated carbocycles. The molecule has 4 heteroatoms. The Labute approximate surface area is 105 Å². The normalized spacial score (nSPS) is 11.2. The van der Waals surface area contributed by atoms with Gasteiger partial charge in [0.2, 0.25) is 0 Å². The summed E-state index contributed by atoms with van der Waals surface area (Å²) in [6.07, 6.45) is 1.84. The average Bonchev–Trinajstić information content (AvgIpc) is 2.37. The Morgan fingerprint density at radius 3 is 2.83 bits per heavy atom. The zero-order chi connectivity index (χ0) is 12.5. The van der Waals surface area contributed by atoms with Crippen LogP contribution in [-0.4, -0.2) is 22.0 Å². The highest BCUT2D eigenvalue weighted by molar-refractivity contribution is 5.90. The molecule has 2 aromatic heterocycles. The van der Waals surface area contributed by atoms with Crippen molar-refractivity contribution in [2.75, 3.05) is 7.05 Å². The number of nitrogens with zero attached hydrogens (tertiary/aromatic N) is 3. The van der Waals surface area contributed by atoms with Gasteiger partial charge in [0.05, 0.1) is 12.1 Å². The molecule has 0 radical (unpaired) electrons. The number of fused-ring (bicyclic) bond motifs is 2. The summed E-state index contributed by atoms with van der Waals surface area (Å²) in [5.41, 5.74) is 2.96. The van der Waals surface area contributed by atoms with Gasteiger partial charge in [-0.2, -0.15) is 0 Å². The Balaban J connectivity index is 2.24. The summed E-state index contributed by atoms with van der Waals surface area (Å²) in [4.78, 5) is 13.3. The second-order valence-corrected chi connectivity index (χ2v) is 4.41. The summed E-state index contributed by atoms with van der Waals surface area (Å²) in [5.74, 6) is 0.768. The van der Waals surface area contributed by atoms with Crippen LogP contribution in [0.5, 0.6) is 0 Å². The third-order valence-corrected chi connectivity index (χ3v) is 2.90. The van der Waals surface area contributed by atoms with E-state index in [0.717, 1.165) is 27.8 Å². The van der Waals surface area contributed by atoms with Gasteiger partial charge < -0.3 is 5.32 Å². The van der Waals surface area contributed by atoms with Crippen molar-refractivity contribution in [3.63, 3.8) is 0 Å². The molecule has 0 aliphatic carbocycles. The van der Waals surface area contributed by atoms with Gasteiger partial charge in [0.1, 0.15) is 5.82 Å². The van der Waals surface area contributed by atoms with Crippen molar-refractivity contribution < 1.29 is 0 Å². The topological polar surface area (TPSA) is 50.7 Å². The fourth-order valence-corrected chi connectivity index (χ4v) is 2.03. The Morgan fingerprint density at radius 2 is 2.00 bits per heavy atom. The molecule has 2 heterocycles. The van der Waals surface area contributed by atoms with E-state index in [1.54, 1.807) is 0 Å². The lowest BCUT2D eigenvalue weighted by molar-refractivity contribution is 0.763. The van der Waals surface area contributed by atoms with Crippen molar-refractivity contribution in [1.29, 1.82) is 0 Å². The fourth-order valence-electron chi connectivity index (χ4n) is 2.03. The smallest absolute Gasteiger partial charge is 0.163 e. The summed E-state index contributed by atoms with van der Waals surface area (Å²) in [6.45, 7) is 2.74. The molecule has 0 unspecified atom stereocenters. The largest absolute Gasteiger partial charge is 0.313 e. The Morgan fingerprint density at radius 1 is 1.11 bits per heavy atom. The SMILES string of the molecule is CNCc1ncc2cc3cc(C)ccc3nc2n1. The van der Waals surface area contributed by atoms with E-state index in [0.29, 0.717) is 6.54 Å². The quantitative estimate of drug-likeness (QED) is 0.695. The van der Waals surface area contributed by atoms with Crippen LogP contribution < -0.4 is 5.32 Å². The molecule has 1 aromatic carbocycles. The highest BCUT2D eigenvalue weighted by Crippen LogP contribution is 2.19. The maximum Gasteiger partial charge on any atom is 0.163 e. The fraction of sp³-hybridized carbons (Fsp3) is 0.214. The lowest BCUT2D eigenvalue weighted by Gasteiger charge is -2.03. The zero-order valence-electron chi connectivity index (χ0n) is 10.4. The van der Waals surface area contributed by atoms with Gasteiger partial charge in [-0.25, -0.2) is 15.0 Å². The number of aryl methyl sites for hydroxylation is 1. The molecule has 0 fully saturated rings. The molecular formula is C14H14N4. The van der Waals surface area contributed by atoms with E-state index in [4.69, 9.17) is 0 Å². The molecule has 18 heavy (non-hydrogen) atoms. The first kappa shape index (κ1) is 11.0. The lowest BCUT2D eigenvalue weighted by Crippen LogP contribution is -2.09. The minimum absolute atomic E-state index is 0.656. The van der Waals surface area contributed by atoms with Crippen molar-refractivity contribution in [2.45, 2.75) is 13.5 Å². The van der Waals surface area contributed by atoms with Gasteiger partial charge in [-0.15, -0.1) is 0 Å². The number of aromatic nitrogens is 3. The van der Waals surface area contributed by atoms with Crippen LogP contribution in [0.4, 0.5) is 0 Å². The van der Waals surface area contributed by atoms with Crippen LogP contribution in [0.15, 0.2) is 30.5 Å². The molecule has 3 rings (SSSR count). The Hall–Kier alpha value is -2.07. The van der Waals surface area contributed by atoms with E-state index in [1.165, 1.54) is 5.56 Å². The van der Waals surface area contributed by atoms with Crippen molar-refractivity contribution in [3.05, 3.63) is 41.9 Å². The lowest BCUT2D eigenvalue weighted by atomic mass is 10.1. The minimum atomic E-state index is 0.656. The molecule has 0 aliphatic rings. The molecule has 0 aliphatic heterocycles. The van der Waals surface area contributed by atoms with Gasteiger partial charge in [0.25, 0.3) is 0 Å². The molecule has 90 valence electrons. The van der Waals surface area contributed by atoms with E-state index in [1.807, 2.05) is 19.3 Å². The molecule has 3 aromatic rings. The summed E-state index contributed by atoms with van der Waals surface area (Å²) in [6, 6.07) is 8.32. The monoisotopic (exact) mass is 238 g/mol. The number of hydrogen-bond donors (Lipinski definition) is 1. The van der Waals surface area contributed by atoms with E-state index in [-0.39, 0.29) is 0 Å². The predicted octanol–water partition coefficient (Wildman–Crippen LogP) is 2.21. The van der Waals surface area contributed by atoms with E-state index < -0.39 is 0 Å². The summed E-state index contributed by atoms with van der Waals surface area (Å²) >= 11 is 0. The van der Waals surface area contributed by atoms with Gasteiger partial charge in [0, 0.05) is 17.0 Å². The molecule has 0 saturated heterocycles. The van der Waals surface area contributed by atoms with Crippen molar-refractivity contribution in [3.8, 4) is 0 Å². The number of pyridine rings is 1. The summed E-state index contributed by atoms with van der Waals surface area (Å²) < 4.78 is 0. The maximum atomic E-state index is 4.58. The highest BCUT2D eigenvalue weighted by Gasteiger charge is 2.03. The van der Waals surface area contributed by atoms with Crippen LogP contribution in [0.2, 0.25) is 0 Å². The first-order valence-electron chi connectivity index (χ1n) is 5.94. The van der Waals surface area contributed by atoms with E-state index >= 15 is 0 Å². The Bertz CT molecular complexity index is 721. The van der Waals surface area contributed by atoms with E-state index in [9.17, 15) is 0 Å². The first-order valence-corrected chi connectivity index (χ1v) is 5.94. The maximum absolute atomic E-state index is 4.58. The molecule has 4 nitrogen and oxygen atoms in total. The van der Waals surface area contributed by atoms with E-state index in [2.05, 4.69) is 45.4 Å². The van der Waals surface area contributed by atoms with Crippen LogP contribution in [0.3, 0.4) is 0 Å². The van der Waals surface area contributed by atoms with Crippen LogP contribution in [0, 0.1) is 6.92 Å². The molecule has 1 N–H and O–H groups in total. The second-order valence-electron chi connectivity index (χ2n) is 4.41. The molecule has 0 spiro atoms.